The van der Waals surface area contributed by atoms with Crippen molar-refractivity contribution < 1.29 is 14.4 Å². The van der Waals surface area contributed by atoms with E-state index in [0.717, 1.165) is 43.5 Å². The summed E-state index contributed by atoms with van der Waals surface area (Å²) in [5.41, 5.74) is 4.44. The molecule has 7 heteroatoms. The van der Waals surface area contributed by atoms with Crippen molar-refractivity contribution >= 4 is 17.8 Å². The van der Waals surface area contributed by atoms with Crippen molar-refractivity contribution in [3.63, 3.8) is 0 Å². The molecule has 1 unspecified atom stereocenters. The Balaban J connectivity index is 1.26. The highest BCUT2D eigenvalue weighted by atomic mass is 16.2. The van der Waals surface area contributed by atoms with Crippen molar-refractivity contribution in [1.29, 1.82) is 0 Å². The molecule has 3 fully saturated rings. The number of rotatable bonds is 5. The van der Waals surface area contributed by atoms with Crippen LogP contribution in [0.15, 0.2) is 24.3 Å². The van der Waals surface area contributed by atoms with Crippen molar-refractivity contribution in [2.75, 3.05) is 6.54 Å². The summed E-state index contributed by atoms with van der Waals surface area (Å²) in [4.78, 5) is 40.7. The second-order valence-corrected chi connectivity index (χ2v) is 9.53. The summed E-state index contributed by atoms with van der Waals surface area (Å²) in [7, 11) is 0. The molecule has 3 aliphatic carbocycles. The normalized spacial score (nSPS) is 30.7. The Bertz CT molecular complexity index is 873. The highest BCUT2D eigenvalue weighted by Gasteiger charge is 2.53. The minimum Gasteiger partial charge on any atom is -0.322 e. The molecule has 1 aromatic rings. The molecule has 160 valence electrons. The number of hydrogen-bond donors (Lipinski definition) is 2. The van der Waals surface area contributed by atoms with Crippen LogP contribution in [0.4, 0.5) is 4.79 Å². The van der Waals surface area contributed by atoms with Gasteiger partial charge in [-0.2, -0.15) is 5.01 Å². The van der Waals surface area contributed by atoms with E-state index in [2.05, 4.69) is 46.8 Å². The number of benzene rings is 1. The van der Waals surface area contributed by atoms with E-state index in [9.17, 15) is 14.4 Å². The summed E-state index contributed by atoms with van der Waals surface area (Å²) in [6, 6.07) is 8.57. The van der Waals surface area contributed by atoms with Gasteiger partial charge < -0.3 is 5.32 Å². The predicted molar refractivity (Wildman–Crippen MR) is 111 cm³/mol. The maximum Gasteiger partial charge on any atom is 0.344 e. The first-order valence-corrected chi connectivity index (χ1v) is 11.3. The van der Waals surface area contributed by atoms with E-state index in [4.69, 9.17) is 0 Å². The Morgan fingerprint density at radius 2 is 1.90 bits per heavy atom. The monoisotopic (exact) mass is 410 g/mol. The van der Waals surface area contributed by atoms with E-state index < -0.39 is 11.6 Å². The lowest BCUT2D eigenvalue weighted by Crippen LogP contribution is -2.53. The Hall–Kier alpha value is -2.41. The molecule has 1 aromatic carbocycles. The molecule has 0 radical (unpaired) electrons. The number of imide groups is 1. The number of carbonyl (C=O) groups is 3. The minimum absolute atomic E-state index is 0.199. The van der Waals surface area contributed by atoms with Gasteiger partial charge in [0.2, 0.25) is 0 Å². The van der Waals surface area contributed by atoms with Crippen LogP contribution in [0, 0.1) is 5.92 Å². The summed E-state index contributed by atoms with van der Waals surface area (Å²) in [5.74, 6) is -0.0432. The van der Waals surface area contributed by atoms with Crippen molar-refractivity contribution in [1.82, 2.24) is 20.7 Å². The Kier molecular flexibility index (Phi) is 4.81. The first kappa shape index (κ1) is 19.5. The van der Waals surface area contributed by atoms with Gasteiger partial charge in [0.05, 0.1) is 6.54 Å². The molecule has 7 nitrogen and oxygen atoms in total. The van der Waals surface area contributed by atoms with Crippen molar-refractivity contribution in [2.45, 2.75) is 75.9 Å². The number of fused-ring (bicyclic) bond motifs is 1. The largest absolute Gasteiger partial charge is 0.344 e. The number of aryl methyl sites for hydroxylation is 1. The first-order chi connectivity index (χ1) is 14.5. The van der Waals surface area contributed by atoms with Gasteiger partial charge in [-0.3, -0.25) is 19.9 Å². The van der Waals surface area contributed by atoms with E-state index >= 15 is 0 Å². The fourth-order valence-electron chi connectivity index (χ4n) is 5.42. The second-order valence-electron chi connectivity index (χ2n) is 9.53. The topological polar surface area (TPSA) is 81.8 Å². The van der Waals surface area contributed by atoms with E-state index in [0.29, 0.717) is 24.8 Å². The van der Waals surface area contributed by atoms with E-state index in [1.54, 1.807) is 0 Å². The molecule has 1 saturated heterocycles. The molecule has 0 aromatic heterocycles. The fraction of sp³-hybridized carbons (Fsp3) is 0.609. The Morgan fingerprint density at radius 3 is 2.63 bits per heavy atom. The van der Waals surface area contributed by atoms with Crippen molar-refractivity contribution in [3.05, 3.63) is 35.4 Å². The van der Waals surface area contributed by atoms with Crippen LogP contribution in [0.1, 0.15) is 69.0 Å². The predicted octanol–water partition coefficient (Wildman–Crippen LogP) is 2.67. The van der Waals surface area contributed by atoms with E-state index in [-0.39, 0.29) is 24.4 Å². The lowest BCUT2D eigenvalue weighted by Gasteiger charge is -2.33. The molecule has 5 rings (SSSR count). The zero-order chi connectivity index (χ0) is 20.9. The third kappa shape index (κ3) is 3.39. The lowest BCUT2D eigenvalue weighted by molar-refractivity contribution is -0.140. The lowest BCUT2D eigenvalue weighted by atomic mass is 9.77. The SMILES string of the molecule is CC1CCC2(CC1)NC(=O)N(NC(=O)CN(C1CC1)C1CCc3ccccc31)C2=O. The van der Waals surface area contributed by atoms with Gasteiger partial charge in [0.1, 0.15) is 5.54 Å². The third-order valence-electron chi connectivity index (χ3n) is 7.37. The average Bonchev–Trinajstić information content (AvgIpc) is 3.46. The quantitative estimate of drug-likeness (QED) is 0.732. The maximum absolute atomic E-state index is 13.0. The van der Waals surface area contributed by atoms with Gasteiger partial charge in [-0.25, -0.2) is 4.79 Å². The Labute approximate surface area is 177 Å². The van der Waals surface area contributed by atoms with Crippen LogP contribution in [-0.2, 0) is 16.0 Å². The van der Waals surface area contributed by atoms with Gasteiger partial charge >= 0.3 is 6.03 Å². The summed E-state index contributed by atoms with van der Waals surface area (Å²) in [6.07, 6.45) is 7.31. The number of hydrogen-bond acceptors (Lipinski definition) is 4. The summed E-state index contributed by atoms with van der Waals surface area (Å²) < 4.78 is 0. The van der Waals surface area contributed by atoms with E-state index in [1.807, 2.05) is 0 Å². The fourth-order valence-corrected chi connectivity index (χ4v) is 5.42. The molecular formula is C23H30N4O3. The van der Waals surface area contributed by atoms with Crippen molar-refractivity contribution in [3.8, 4) is 0 Å². The molecule has 0 bridgehead atoms. The zero-order valence-corrected chi connectivity index (χ0v) is 17.5. The standard InChI is InChI=1S/C23H30N4O3/c1-15-10-12-23(13-11-15)21(29)27(22(30)24-23)25-20(28)14-26(17-7-8-17)19-9-6-16-4-2-3-5-18(16)19/h2-5,15,17,19H,6-14H2,1H3,(H,24,30)(H,25,28). The van der Waals surface area contributed by atoms with Gasteiger partial charge in [0.15, 0.2) is 0 Å². The molecule has 30 heavy (non-hydrogen) atoms. The molecule has 1 spiro atoms. The zero-order valence-electron chi connectivity index (χ0n) is 17.5. The first-order valence-electron chi connectivity index (χ1n) is 11.3. The second kappa shape index (κ2) is 7.38. The van der Waals surface area contributed by atoms with Crippen LogP contribution in [0.3, 0.4) is 0 Å². The number of urea groups is 1. The maximum atomic E-state index is 13.0. The molecule has 2 N–H and O–H groups in total. The highest BCUT2D eigenvalue weighted by molar-refractivity contribution is 6.08. The number of amides is 4. The number of nitrogens with one attached hydrogen (secondary N) is 2. The van der Waals surface area contributed by atoms with Gasteiger partial charge in [-0.05, 0) is 68.4 Å². The van der Waals surface area contributed by atoms with Crippen LogP contribution in [0.5, 0.6) is 0 Å². The van der Waals surface area contributed by atoms with Gasteiger partial charge in [0, 0.05) is 12.1 Å². The van der Waals surface area contributed by atoms with Crippen LogP contribution < -0.4 is 10.7 Å². The molecule has 2 saturated carbocycles. The van der Waals surface area contributed by atoms with E-state index in [1.165, 1.54) is 11.1 Å². The third-order valence-corrected chi connectivity index (χ3v) is 7.37. The number of carbonyl (C=O) groups excluding carboxylic acids is 3. The number of hydrazine groups is 1. The molecule has 1 atom stereocenters. The summed E-state index contributed by atoms with van der Waals surface area (Å²) >= 11 is 0. The molecule has 1 aliphatic heterocycles. The smallest absolute Gasteiger partial charge is 0.322 e. The van der Waals surface area contributed by atoms with Crippen LogP contribution in [-0.4, -0.2) is 45.9 Å². The minimum atomic E-state index is -0.836. The highest BCUT2D eigenvalue weighted by Crippen LogP contribution is 2.41. The molecular weight excluding hydrogens is 380 g/mol. The molecule has 4 aliphatic rings. The molecule has 1 heterocycles. The van der Waals surface area contributed by atoms with Crippen LogP contribution in [0.25, 0.3) is 0 Å². The van der Waals surface area contributed by atoms with Crippen molar-refractivity contribution in [2.24, 2.45) is 5.92 Å². The summed E-state index contributed by atoms with van der Waals surface area (Å²) in [5, 5.41) is 3.78. The van der Waals surface area contributed by atoms with Gasteiger partial charge in [-0.15, -0.1) is 0 Å². The number of nitrogens with zero attached hydrogens (tertiary/aromatic N) is 2. The average molecular weight is 411 g/mol. The van der Waals surface area contributed by atoms with Crippen LogP contribution in [0.2, 0.25) is 0 Å². The molecule has 4 amide bonds. The van der Waals surface area contributed by atoms with Crippen LogP contribution >= 0.6 is 0 Å². The van der Waals surface area contributed by atoms with Gasteiger partial charge in [0.25, 0.3) is 11.8 Å². The Morgan fingerprint density at radius 1 is 1.17 bits per heavy atom. The summed E-state index contributed by atoms with van der Waals surface area (Å²) in [6.45, 7) is 2.37. The van der Waals surface area contributed by atoms with Gasteiger partial charge in [-0.1, -0.05) is 31.2 Å².